The third kappa shape index (κ3) is 7.74. The third-order valence-electron chi connectivity index (χ3n) is 1.82. The molecular formula is C9H20N2O2. The smallest absolute Gasteiger partial charge is 0.221 e. The van der Waals surface area contributed by atoms with Crippen molar-refractivity contribution in [1.29, 1.82) is 0 Å². The number of aliphatic hydroxyl groups excluding tert-OH is 1. The fourth-order valence-corrected chi connectivity index (χ4v) is 1.15. The zero-order valence-electron chi connectivity index (χ0n) is 8.63. The molecule has 0 aliphatic carbocycles. The fourth-order valence-electron chi connectivity index (χ4n) is 1.15. The minimum Gasteiger partial charge on any atom is -0.393 e. The molecule has 1 amide bonds. The Balaban J connectivity index is 3.36. The van der Waals surface area contributed by atoms with Crippen molar-refractivity contribution < 1.29 is 9.90 Å². The van der Waals surface area contributed by atoms with Gasteiger partial charge in [0.1, 0.15) is 0 Å². The molecule has 0 rings (SSSR count). The molecule has 4 nitrogen and oxygen atoms in total. The first-order valence-corrected chi connectivity index (χ1v) is 4.68. The van der Waals surface area contributed by atoms with Crippen molar-refractivity contribution in [2.24, 2.45) is 0 Å². The summed E-state index contributed by atoms with van der Waals surface area (Å²) in [5.74, 6) is 0.0387. The van der Waals surface area contributed by atoms with E-state index < -0.39 is 0 Å². The van der Waals surface area contributed by atoms with E-state index in [1.165, 1.54) is 0 Å². The summed E-state index contributed by atoms with van der Waals surface area (Å²) < 4.78 is 0. The monoisotopic (exact) mass is 188 g/mol. The summed E-state index contributed by atoms with van der Waals surface area (Å²) in [6.45, 7) is 4.42. The minimum absolute atomic E-state index is 0.0387. The number of rotatable bonds is 6. The van der Waals surface area contributed by atoms with E-state index in [0.717, 1.165) is 0 Å². The molecule has 0 saturated heterocycles. The Morgan fingerprint density at radius 1 is 1.46 bits per heavy atom. The van der Waals surface area contributed by atoms with Gasteiger partial charge in [-0.15, -0.1) is 0 Å². The van der Waals surface area contributed by atoms with Crippen molar-refractivity contribution in [3.63, 3.8) is 0 Å². The quantitative estimate of drug-likeness (QED) is 0.544. The number of hydrogen-bond donors (Lipinski definition) is 3. The minimum atomic E-state index is -0.289. The highest BCUT2D eigenvalue weighted by molar-refractivity contribution is 5.75. The second kappa shape index (κ2) is 6.86. The molecule has 0 bridgehead atoms. The van der Waals surface area contributed by atoms with Crippen molar-refractivity contribution >= 4 is 5.91 Å². The normalized spacial score (nSPS) is 15.1. The Hall–Kier alpha value is -0.610. The highest BCUT2D eigenvalue weighted by atomic mass is 16.3. The Kier molecular flexibility index (Phi) is 6.54. The van der Waals surface area contributed by atoms with Crippen LogP contribution in [0.4, 0.5) is 0 Å². The predicted octanol–water partition coefficient (Wildman–Crippen LogP) is -0.128. The second-order valence-corrected chi connectivity index (χ2v) is 3.36. The van der Waals surface area contributed by atoms with E-state index in [2.05, 4.69) is 10.6 Å². The summed E-state index contributed by atoms with van der Waals surface area (Å²) in [6, 6.07) is 0.254. The van der Waals surface area contributed by atoms with Gasteiger partial charge < -0.3 is 15.7 Å². The lowest BCUT2D eigenvalue weighted by Crippen LogP contribution is -2.32. The van der Waals surface area contributed by atoms with Crippen LogP contribution in [0.2, 0.25) is 0 Å². The van der Waals surface area contributed by atoms with Crippen LogP contribution in [0.1, 0.15) is 26.7 Å². The summed E-state index contributed by atoms with van der Waals surface area (Å²) in [4.78, 5) is 10.8. The van der Waals surface area contributed by atoms with Crippen LogP contribution in [0.15, 0.2) is 0 Å². The first kappa shape index (κ1) is 12.4. The largest absolute Gasteiger partial charge is 0.393 e. The number of aliphatic hydroxyl groups is 1. The van der Waals surface area contributed by atoms with E-state index in [-0.39, 0.29) is 18.1 Å². The third-order valence-corrected chi connectivity index (χ3v) is 1.82. The van der Waals surface area contributed by atoms with E-state index in [0.29, 0.717) is 19.4 Å². The molecule has 0 heterocycles. The first-order valence-electron chi connectivity index (χ1n) is 4.68. The Morgan fingerprint density at radius 3 is 2.54 bits per heavy atom. The summed E-state index contributed by atoms with van der Waals surface area (Å²) in [5.41, 5.74) is 0. The standard InChI is InChI=1S/C9H20N2O2/c1-7(6-8(2)12)11-5-4-9(13)10-3/h7-8,11-12H,4-6H2,1-3H3,(H,10,13). The second-order valence-electron chi connectivity index (χ2n) is 3.36. The maximum Gasteiger partial charge on any atom is 0.221 e. The molecule has 0 aromatic rings. The van der Waals surface area contributed by atoms with Crippen molar-refractivity contribution in [1.82, 2.24) is 10.6 Å². The van der Waals surface area contributed by atoms with Crippen molar-refractivity contribution in [2.45, 2.75) is 38.8 Å². The van der Waals surface area contributed by atoms with Gasteiger partial charge in [0.15, 0.2) is 0 Å². The molecule has 0 aliphatic heterocycles. The van der Waals surface area contributed by atoms with Gasteiger partial charge in [0.05, 0.1) is 6.10 Å². The molecule has 0 radical (unpaired) electrons. The van der Waals surface area contributed by atoms with Crippen LogP contribution in [-0.4, -0.2) is 36.8 Å². The lowest BCUT2D eigenvalue weighted by molar-refractivity contribution is -0.120. The number of amides is 1. The average Bonchev–Trinajstić information content (AvgIpc) is 2.02. The van der Waals surface area contributed by atoms with Crippen LogP contribution >= 0.6 is 0 Å². The molecule has 0 aliphatic rings. The molecule has 2 unspecified atom stereocenters. The topological polar surface area (TPSA) is 61.4 Å². The molecule has 0 aromatic carbocycles. The van der Waals surface area contributed by atoms with E-state index in [4.69, 9.17) is 5.11 Å². The van der Waals surface area contributed by atoms with Gasteiger partial charge >= 0.3 is 0 Å². The molecule has 0 aromatic heterocycles. The van der Waals surface area contributed by atoms with Crippen LogP contribution in [0.25, 0.3) is 0 Å². The van der Waals surface area contributed by atoms with Crippen LogP contribution in [0.5, 0.6) is 0 Å². The molecule has 0 saturated carbocycles. The van der Waals surface area contributed by atoms with E-state index in [9.17, 15) is 4.79 Å². The molecule has 0 spiro atoms. The van der Waals surface area contributed by atoms with Gasteiger partial charge in [0.25, 0.3) is 0 Å². The van der Waals surface area contributed by atoms with E-state index >= 15 is 0 Å². The zero-order valence-corrected chi connectivity index (χ0v) is 8.63. The molecule has 78 valence electrons. The maximum absolute atomic E-state index is 10.8. The number of hydrogen-bond acceptors (Lipinski definition) is 3. The van der Waals surface area contributed by atoms with Gasteiger partial charge in [-0.25, -0.2) is 0 Å². The summed E-state index contributed by atoms with van der Waals surface area (Å²) in [7, 11) is 1.63. The zero-order chi connectivity index (χ0) is 10.3. The molecule has 0 fully saturated rings. The summed E-state index contributed by atoms with van der Waals surface area (Å²) in [6.07, 6.45) is 0.913. The SMILES string of the molecule is CNC(=O)CCNC(C)CC(C)O. The lowest BCUT2D eigenvalue weighted by atomic mass is 10.1. The van der Waals surface area contributed by atoms with Crippen LogP contribution < -0.4 is 10.6 Å². The van der Waals surface area contributed by atoms with Crippen molar-refractivity contribution in [3.8, 4) is 0 Å². The van der Waals surface area contributed by atoms with Gasteiger partial charge in [-0.1, -0.05) is 0 Å². The molecule has 2 atom stereocenters. The van der Waals surface area contributed by atoms with Gasteiger partial charge in [-0.3, -0.25) is 4.79 Å². The summed E-state index contributed by atoms with van der Waals surface area (Å²) >= 11 is 0. The number of carbonyl (C=O) groups is 1. The van der Waals surface area contributed by atoms with Crippen LogP contribution in [-0.2, 0) is 4.79 Å². The van der Waals surface area contributed by atoms with Gasteiger partial charge in [-0.2, -0.15) is 0 Å². The van der Waals surface area contributed by atoms with E-state index in [1.54, 1.807) is 14.0 Å². The molecule has 13 heavy (non-hydrogen) atoms. The lowest BCUT2D eigenvalue weighted by Gasteiger charge is -2.14. The molecular weight excluding hydrogens is 168 g/mol. The summed E-state index contributed by atoms with van der Waals surface area (Å²) in [5, 5.41) is 14.8. The average molecular weight is 188 g/mol. The van der Waals surface area contributed by atoms with Crippen LogP contribution in [0.3, 0.4) is 0 Å². The Bertz CT molecular complexity index is 149. The number of nitrogens with one attached hydrogen (secondary N) is 2. The molecule has 4 heteroatoms. The van der Waals surface area contributed by atoms with E-state index in [1.807, 2.05) is 6.92 Å². The van der Waals surface area contributed by atoms with Gasteiger partial charge in [-0.05, 0) is 20.3 Å². The number of carbonyl (C=O) groups excluding carboxylic acids is 1. The van der Waals surface area contributed by atoms with Crippen molar-refractivity contribution in [3.05, 3.63) is 0 Å². The molecule has 3 N–H and O–H groups in total. The predicted molar refractivity (Wildman–Crippen MR) is 52.4 cm³/mol. The Morgan fingerprint density at radius 2 is 2.08 bits per heavy atom. The maximum atomic E-state index is 10.8. The Labute approximate surface area is 79.7 Å². The van der Waals surface area contributed by atoms with Gasteiger partial charge in [0.2, 0.25) is 5.91 Å². The fraction of sp³-hybridized carbons (Fsp3) is 0.889. The first-order chi connectivity index (χ1) is 6.06. The van der Waals surface area contributed by atoms with Gasteiger partial charge in [0, 0.05) is 26.1 Å². The highest BCUT2D eigenvalue weighted by Gasteiger charge is 2.05. The van der Waals surface area contributed by atoms with Crippen molar-refractivity contribution in [2.75, 3.05) is 13.6 Å². The van der Waals surface area contributed by atoms with Crippen LogP contribution in [0, 0.1) is 0 Å². The highest BCUT2D eigenvalue weighted by Crippen LogP contribution is 1.95.